The summed E-state index contributed by atoms with van der Waals surface area (Å²) < 4.78 is 0. The van der Waals surface area contributed by atoms with Gasteiger partial charge in [0, 0.05) is 28.8 Å². The smallest absolute Gasteiger partial charge is 0.193 e. The predicted octanol–water partition coefficient (Wildman–Crippen LogP) is 3.75. The summed E-state index contributed by atoms with van der Waals surface area (Å²) >= 11 is 0. The fourth-order valence-electron chi connectivity index (χ4n) is 2.77. The van der Waals surface area contributed by atoms with Crippen molar-refractivity contribution in [2.24, 2.45) is 10.7 Å². The Morgan fingerprint density at radius 3 is 2.61 bits per heavy atom. The van der Waals surface area contributed by atoms with Crippen molar-refractivity contribution in [3.63, 3.8) is 0 Å². The van der Waals surface area contributed by atoms with Crippen LogP contribution in [0.15, 0.2) is 53.5 Å². The number of aryl methyl sites for hydroxylation is 2. The topological polar surface area (TPSA) is 66.2 Å². The number of nitrogens with one attached hydrogen (secondary N) is 2. The van der Waals surface area contributed by atoms with E-state index >= 15 is 0 Å². The van der Waals surface area contributed by atoms with Gasteiger partial charge in [-0.2, -0.15) is 0 Å². The number of H-pyrrole nitrogens is 1. The maximum absolute atomic E-state index is 5.97. The molecular formula is C19H22N4. The van der Waals surface area contributed by atoms with Crippen molar-refractivity contribution in [1.29, 1.82) is 0 Å². The Bertz CT molecular complexity index is 828. The van der Waals surface area contributed by atoms with Gasteiger partial charge >= 0.3 is 0 Å². The molecule has 23 heavy (non-hydrogen) atoms. The van der Waals surface area contributed by atoms with E-state index in [4.69, 9.17) is 5.73 Å². The van der Waals surface area contributed by atoms with Crippen LogP contribution >= 0.6 is 0 Å². The Morgan fingerprint density at radius 1 is 1.09 bits per heavy atom. The summed E-state index contributed by atoms with van der Waals surface area (Å²) in [6.07, 6.45) is 0.867. The molecule has 0 spiro atoms. The van der Waals surface area contributed by atoms with Crippen molar-refractivity contribution in [3.05, 3.63) is 65.4 Å². The van der Waals surface area contributed by atoms with Crippen molar-refractivity contribution >= 4 is 22.5 Å². The first-order valence-electron chi connectivity index (χ1n) is 7.83. The minimum absolute atomic E-state index is 0.450. The lowest BCUT2D eigenvalue weighted by Gasteiger charge is -2.06. The molecule has 0 fully saturated rings. The quantitative estimate of drug-likeness (QED) is 0.507. The number of benzene rings is 2. The van der Waals surface area contributed by atoms with Crippen LogP contribution in [0.3, 0.4) is 0 Å². The van der Waals surface area contributed by atoms with Crippen LogP contribution in [0.1, 0.15) is 16.8 Å². The number of anilines is 1. The molecule has 0 saturated heterocycles. The first kappa shape index (κ1) is 15.2. The molecule has 1 heterocycles. The van der Waals surface area contributed by atoms with E-state index in [1.807, 2.05) is 30.3 Å². The molecule has 1 aromatic heterocycles. The van der Waals surface area contributed by atoms with Crippen LogP contribution in [0.4, 0.5) is 5.69 Å². The van der Waals surface area contributed by atoms with Crippen molar-refractivity contribution in [2.75, 3.05) is 11.9 Å². The molecule has 118 valence electrons. The van der Waals surface area contributed by atoms with E-state index < -0.39 is 0 Å². The van der Waals surface area contributed by atoms with E-state index in [2.05, 4.69) is 47.3 Å². The van der Waals surface area contributed by atoms with E-state index in [1.165, 1.54) is 27.7 Å². The summed E-state index contributed by atoms with van der Waals surface area (Å²) in [5, 5.41) is 4.39. The van der Waals surface area contributed by atoms with Gasteiger partial charge in [-0.1, -0.05) is 35.9 Å². The van der Waals surface area contributed by atoms with Gasteiger partial charge in [-0.3, -0.25) is 4.99 Å². The van der Waals surface area contributed by atoms with Crippen LogP contribution < -0.4 is 11.1 Å². The number of para-hydroxylation sites is 1. The van der Waals surface area contributed by atoms with Gasteiger partial charge in [0.15, 0.2) is 5.96 Å². The number of nitrogens with two attached hydrogens (primary N) is 1. The molecule has 2 aromatic carbocycles. The van der Waals surface area contributed by atoms with Crippen LogP contribution in [0, 0.1) is 13.8 Å². The Kier molecular flexibility index (Phi) is 4.33. The number of aliphatic imine (C=N–C) groups is 1. The fourth-order valence-corrected chi connectivity index (χ4v) is 2.77. The molecule has 0 aliphatic heterocycles. The zero-order chi connectivity index (χ0) is 16.2. The second kappa shape index (κ2) is 6.57. The number of rotatable bonds is 4. The zero-order valence-electron chi connectivity index (χ0n) is 13.6. The molecule has 0 bridgehead atoms. The standard InChI is InChI=1S/C19H22N4/c1-13-7-9-15(10-8-13)23-19(20)21-12-11-16-14(2)22-18-6-4-3-5-17(16)18/h3-10,22H,11-12H2,1-2H3,(H3,20,21,23). The minimum Gasteiger partial charge on any atom is -0.370 e. The molecule has 3 aromatic rings. The van der Waals surface area contributed by atoms with Crippen molar-refractivity contribution in [1.82, 2.24) is 4.98 Å². The molecule has 0 radical (unpaired) electrons. The summed E-state index contributed by atoms with van der Waals surface area (Å²) in [4.78, 5) is 7.85. The average molecular weight is 306 g/mol. The molecule has 3 rings (SSSR count). The van der Waals surface area contributed by atoms with Crippen LogP contribution in [0.5, 0.6) is 0 Å². The van der Waals surface area contributed by atoms with Gasteiger partial charge in [0.1, 0.15) is 0 Å². The molecular weight excluding hydrogens is 284 g/mol. The highest BCUT2D eigenvalue weighted by Gasteiger charge is 2.07. The highest BCUT2D eigenvalue weighted by atomic mass is 15.1. The molecule has 0 amide bonds. The third-order valence-electron chi connectivity index (χ3n) is 3.99. The summed E-state index contributed by atoms with van der Waals surface area (Å²) in [6, 6.07) is 16.5. The second-order valence-electron chi connectivity index (χ2n) is 5.78. The normalized spacial score (nSPS) is 11.8. The minimum atomic E-state index is 0.450. The molecule has 4 nitrogen and oxygen atoms in total. The first-order chi connectivity index (χ1) is 11.1. The van der Waals surface area contributed by atoms with E-state index in [0.717, 1.165) is 12.1 Å². The lowest BCUT2D eigenvalue weighted by Crippen LogP contribution is -2.23. The Labute approximate surface area is 136 Å². The molecule has 0 atom stereocenters. The lowest BCUT2D eigenvalue weighted by molar-refractivity contribution is 0.959. The number of fused-ring (bicyclic) bond motifs is 1. The summed E-state index contributed by atoms with van der Waals surface area (Å²) in [6.45, 7) is 4.82. The van der Waals surface area contributed by atoms with E-state index in [-0.39, 0.29) is 0 Å². The van der Waals surface area contributed by atoms with Gasteiger partial charge in [-0.25, -0.2) is 0 Å². The van der Waals surface area contributed by atoms with Gasteiger partial charge in [0.05, 0.1) is 0 Å². The summed E-state index contributed by atoms with van der Waals surface area (Å²) in [5.41, 5.74) is 11.8. The van der Waals surface area contributed by atoms with Gasteiger partial charge in [0.25, 0.3) is 0 Å². The third kappa shape index (κ3) is 3.54. The maximum Gasteiger partial charge on any atom is 0.193 e. The van der Waals surface area contributed by atoms with Crippen molar-refractivity contribution in [3.8, 4) is 0 Å². The summed E-state index contributed by atoms with van der Waals surface area (Å²) in [5.74, 6) is 0.450. The Balaban J connectivity index is 1.65. The Morgan fingerprint density at radius 2 is 1.83 bits per heavy atom. The van der Waals surface area contributed by atoms with Crippen molar-refractivity contribution in [2.45, 2.75) is 20.3 Å². The van der Waals surface area contributed by atoms with Crippen LogP contribution in [0.2, 0.25) is 0 Å². The van der Waals surface area contributed by atoms with Gasteiger partial charge in [0.2, 0.25) is 0 Å². The molecule has 0 unspecified atom stereocenters. The SMILES string of the molecule is Cc1ccc(NC(N)=NCCc2c(C)[nH]c3ccccc23)cc1. The van der Waals surface area contributed by atoms with E-state index in [9.17, 15) is 0 Å². The molecule has 4 heteroatoms. The third-order valence-corrected chi connectivity index (χ3v) is 3.99. The number of guanidine groups is 1. The predicted molar refractivity (Wildman–Crippen MR) is 98.0 cm³/mol. The van der Waals surface area contributed by atoms with Gasteiger partial charge in [-0.05, 0) is 44.0 Å². The molecule has 4 N–H and O–H groups in total. The Hall–Kier alpha value is -2.75. The lowest BCUT2D eigenvalue weighted by atomic mass is 10.1. The molecule has 0 saturated carbocycles. The average Bonchev–Trinajstić information content (AvgIpc) is 2.86. The van der Waals surface area contributed by atoms with Crippen LogP contribution in [-0.4, -0.2) is 17.5 Å². The zero-order valence-corrected chi connectivity index (χ0v) is 13.6. The summed E-state index contributed by atoms with van der Waals surface area (Å²) in [7, 11) is 0. The van der Waals surface area contributed by atoms with E-state index in [0.29, 0.717) is 12.5 Å². The number of nitrogens with zero attached hydrogens (tertiary/aromatic N) is 1. The fraction of sp³-hybridized carbons (Fsp3) is 0.211. The molecule has 0 aliphatic rings. The number of aromatic nitrogens is 1. The highest BCUT2D eigenvalue weighted by Crippen LogP contribution is 2.22. The van der Waals surface area contributed by atoms with Gasteiger partial charge in [-0.15, -0.1) is 0 Å². The number of hydrogen-bond donors (Lipinski definition) is 3. The maximum atomic E-state index is 5.97. The number of aromatic amines is 1. The van der Waals surface area contributed by atoms with Gasteiger partial charge < -0.3 is 16.0 Å². The van der Waals surface area contributed by atoms with Crippen LogP contribution in [-0.2, 0) is 6.42 Å². The van der Waals surface area contributed by atoms with E-state index in [1.54, 1.807) is 0 Å². The largest absolute Gasteiger partial charge is 0.370 e. The highest BCUT2D eigenvalue weighted by molar-refractivity contribution is 5.92. The monoisotopic (exact) mass is 306 g/mol. The number of hydrogen-bond acceptors (Lipinski definition) is 1. The van der Waals surface area contributed by atoms with Crippen molar-refractivity contribution < 1.29 is 0 Å². The molecule has 0 aliphatic carbocycles. The first-order valence-corrected chi connectivity index (χ1v) is 7.83. The van der Waals surface area contributed by atoms with Crippen LogP contribution in [0.25, 0.3) is 10.9 Å². The second-order valence-corrected chi connectivity index (χ2v) is 5.78.